The molecule has 0 saturated heterocycles. The molecule has 0 aliphatic heterocycles. The lowest BCUT2D eigenvalue weighted by molar-refractivity contribution is -0.136. The second kappa shape index (κ2) is 9.27. The van der Waals surface area contributed by atoms with Crippen molar-refractivity contribution in [2.45, 2.75) is 26.4 Å². The van der Waals surface area contributed by atoms with Gasteiger partial charge in [-0.05, 0) is 38.5 Å². The number of halogens is 1. The first-order valence-electron chi connectivity index (χ1n) is 6.98. The molecule has 0 aliphatic rings. The quantitative estimate of drug-likeness (QED) is 0.594. The zero-order chi connectivity index (χ0) is 16.5. The highest BCUT2D eigenvalue weighted by molar-refractivity contribution is 6.40. The lowest BCUT2D eigenvalue weighted by Gasteiger charge is -2.09. The van der Waals surface area contributed by atoms with E-state index in [0.29, 0.717) is 36.0 Å². The van der Waals surface area contributed by atoms with Crippen LogP contribution >= 0.6 is 11.6 Å². The maximum absolute atomic E-state index is 11.7. The van der Waals surface area contributed by atoms with E-state index in [2.05, 4.69) is 10.6 Å². The number of hydrogen-bond donors (Lipinski definition) is 2. The summed E-state index contributed by atoms with van der Waals surface area (Å²) in [4.78, 5) is 23.4. The van der Waals surface area contributed by atoms with E-state index in [1.165, 1.54) is 13.2 Å². The van der Waals surface area contributed by atoms with Gasteiger partial charge in [-0.15, -0.1) is 0 Å². The van der Waals surface area contributed by atoms with Crippen molar-refractivity contribution in [1.29, 1.82) is 0 Å². The summed E-state index contributed by atoms with van der Waals surface area (Å²) >= 11 is 5.95. The minimum atomic E-state index is -0.744. The van der Waals surface area contributed by atoms with Crippen LogP contribution in [0.5, 0.6) is 5.75 Å². The van der Waals surface area contributed by atoms with E-state index in [1.807, 2.05) is 13.8 Å². The monoisotopic (exact) mass is 328 g/mol. The van der Waals surface area contributed by atoms with Crippen molar-refractivity contribution >= 4 is 29.1 Å². The van der Waals surface area contributed by atoms with Crippen molar-refractivity contribution in [2.24, 2.45) is 0 Å². The van der Waals surface area contributed by atoms with Crippen LogP contribution in [0.15, 0.2) is 18.2 Å². The predicted octanol–water partition coefficient (Wildman–Crippen LogP) is 2.22. The number of rotatable bonds is 7. The lowest BCUT2D eigenvalue weighted by atomic mass is 10.3. The fourth-order valence-electron chi connectivity index (χ4n) is 1.61. The maximum Gasteiger partial charge on any atom is 0.313 e. The Bertz CT molecular complexity index is 520. The SMILES string of the molecule is COc1ccc(NC(=O)C(=O)NCCCOC(C)C)cc1Cl. The van der Waals surface area contributed by atoms with Crippen LogP contribution in [0, 0.1) is 0 Å². The van der Waals surface area contributed by atoms with Crippen molar-refractivity contribution in [2.75, 3.05) is 25.6 Å². The average Bonchev–Trinajstić information content (AvgIpc) is 2.46. The van der Waals surface area contributed by atoms with E-state index in [9.17, 15) is 9.59 Å². The molecule has 2 N–H and O–H groups in total. The Kier molecular flexibility index (Phi) is 7.70. The third kappa shape index (κ3) is 6.32. The number of carbonyl (C=O) groups is 2. The molecule has 0 saturated carbocycles. The van der Waals surface area contributed by atoms with Crippen LogP contribution in [0.1, 0.15) is 20.3 Å². The summed E-state index contributed by atoms with van der Waals surface area (Å²) in [7, 11) is 1.50. The van der Waals surface area contributed by atoms with Crippen LogP contribution in [-0.2, 0) is 14.3 Å². The predicted molar refractivity (Wildman–Crippen MR) is 85.3 cm³/mol. The molecule has 0 radical (unpaired) electrons. The van der Waals surface area contributed by atoms with Crippen molar-refractivity contribution in [3.63, 3.8) is 0 Å². The van der Waals surface area contributed by atoms with E-state index in [0.717, 1.165) is 0 Å². The minimum absolute atomic E-state index is 0.152. The second-order valence-electron chi connectivity index (χ2n) is 4.83. The van der Waals surface area contributed by atoms with Gasteiger partial charge < -0.3 is 20.1 Å². The highest BCUT2D eigenvalue weighted by Crippen LogP contribution is 2.27. The van der Waals surface area contributed by atoms with Crippen LogP contribution in [0.25, 0.3) is 0 Å². The first kappa shape index (κ1) is 18.3. The summed E-state index contributed by atoms with van der Waals surface area (Å²) in [6.45, 7) is 4.79. The third-order valence-corrected chi connectivity index (χ3v) is 2.97. The van der Waals surface area contributed by atoms with Crippen LogP contribution in [0.4, 0.5) is 5.69 Å². The molecule has 1 aromatic rings. The maximum atomic E-state index is 11.7. The second-order valence-corrected chi connectivity index (χ2v) is 5.24. The largest absolute Gasteiger partial charge is 0.495 e. The van der Waals surface area contributed by atoms with Crippen LogP contribution in [-0.4, -0.2) is 38.2 Å². The number of methoxy groups -OCH3 is 1. The number of carbonyl (C=O) groups excluding carboxylic acids is 2. The minimum Gasteiger partial charge on any atom is -0.495 e. The summed E-state index contributed by atoms with van der Waals surface area (Å²) in [5.74, 6) is -0.947. The normalized spacial score (nSPS) is 10.4. The molecule has 122 valence electrons. The van der Waals surface area contributed by atoms with Gasteiger partial charge in [0.15, 0.2) is 0 Å². The van der Waals surface area contributed by atoms with Gasteiger partial charge in [-0.25, -0.2) is 0 Å². The molecule has 0 fully saturated rings. The van der Waals surface area contributed by atoms with Crippen molar-refractivity contribution in [1.82, 2.24) is 5.32 Å². The Morgan fingerprint density at radius 3 is 2.59 bits per heavy atom. The fraction of sp³-hybridized carbons (Fsp3) is 0.467. The number of anilines is 1. The van der Waals surface area contributed by atoms with Crippen LogP contribution in [0.3, 0.4) is 0 Å². The zero-order valence-electron chi connectivity index (χ0n) is 12.9. The van der Waals surface area contributed by atoms with E-state index in [-0.39, 0.29) is 6.10 Å². The average molecular weight is 329 g/mol. The molecule has 0 aromatic heterocycles. The van der Waals surface area contributed by atoms with E-state index >= 15 is 0 Å². The smallest absolute Gasteiger partial charge is 0.313 e. The molecule has 22 heavy (non-hydrogen) atoms. The molecule has 0 spiro atoms. The molecule has 0 atom stereocenters. The van der Waals surface area contributed by atoms with Gasteiger partial charge in [0.2, 0.25) is 0 Å². The van der Waals surface area contributed by atoms with Gasteiger partial charge in [-0.3, -0.25) is 9.59 Å². The van der Waals surface area contributed by atoms with Crippen molar-refractivity contribution < 1.29 is 19.1 Å². The fourth-order valence-corrected chi connectivity index (χ4v) is 1.86. The lowest BCUT2D eigenvalue weighted by Crippen LogP contribution is -2.36. The Labute approximate surface area is 135 Å². The van der Waals surface area contributed by atoms with E-state index < -0.39 is 11.8 Å². The van der Waals surface area contributed by atoms with Gasteiger partial charge >= 0.3 is 11.8 Å². The van der Waals surface area contributed by atoms with Crippen molar-refractivity contribution in [3.8, 4) is 5.75 Å². The molecule has 0 heterocycles. The van der Waals surface area contributed by atoms with Crippen LogP contribution < -0.4 is 15.4 Å². The molecule has 7 heteroatoms. The Hall–Kier alpha value is -1.79. The van der Waals surface area contributed by atoms with Crippen molar-refractivity contribution in [3.05, 3.63) is 23.2 Å². The van der Waals surface area contributed by atoms with E-state index in [4.69, 9.17) is 21.1 Å². The first-order chi connectivity index (χ1) is 10.4. The standard InChI is InChI=1S/C15H21ClN2O4/c1-10(2)22-8-4-7-17-14(19)15(20)18-11-5-6-13(21-3)12(16)9-11/h5-6,9-10H,4,7-8H2,1-3H3,(H,17,19)(H,18,20). The molecule has 0 unspecified atom stereocenters. The van der Waals surface area contributed by atoms with Gasteiger partial charge in [0, 0.05) is 18.8 Å². The highest BCUT2D eigenvalue weighted by atomic mass is 35.5. The Balaban J connectivity index is 2.38. The molecule has 1 aromatic carbocycles. The summed E-state index contributed by atoms with van der Waals surface area (Å²) < 4.78 is 10.3. The molecular formula is C15H21ClN2O4. The number of hydrogen-bond acceptors (Lipinski definition) is 4. The highest BCUT2D eigenvalue weighted by Gasteiger charge is 2.13. The number of amides is 2. The molecule has 1 rings (SSSR count). The summed E-state index contributed by atoms with van der Waals surface area (Å²) in [5.41, 5.74) is 0.425. The summed E-state index contributed by atoms with van der Waals surface area (Å²) in [6.07, 6.45) is 0.796. The molecule has 0 bridgehead atoms. The Morgan fingerprint density at radius 1 is 1.27 bits per heavy atom. The first-order valence-corrected chi connectivity index (χ1v) is 7.36. The summed E-state index contributed by atoms with van der Waals surface area (Å²) in [6, 6.07) is 4.73. The van der Waals surface area contributed by atoms with E-state index in [1.54, 1.807) is 12.1 Å². The van der Waals surface area contributed by atoms with Crippen LogP contribution in [0.2, 0.25) is 5.02 Å². The topological polar surface area (TPSA) is 76.7 Å². The van der Waals surface area contributed by atoms with Gasteiger partial charge in [-0.2, -0.15) is 0 Å². The number of benzene rings is 1. The molecule has 2 amide bonds. The number of ether oxygens (including phenoxy) is 2. The third-order valence-electron chi connectivity index (χ3n) is 2.67. The van der Waals surface area contributed by atoms with Gasteiger partial charge in [0.05, 0.1) is 18.2 Å². The molecule has 6 nitrogen and oxygen atoms in total. The molecular weight excluding hydrogens is 308 g/mol. The van der Waals surface area contributed by atoms with Gasteiger partial charge in [0.25, 0.3) is 0 Å². The van der Waals surface area contributed by atoms with Gasteiger partial charge in [-0.1, -0.05) is 11.6 Å². The molecule has 0 aliphatic carbocycles. The zero-order valence-corrected chi connectivity index (χ0v) is 13.7. The van der Waals surface area contributed by atoms with Gasteiger partial charge in [0.1, 0.15) is 5.75 Å². The Morgan fingerprint density at radius 2 is 2.00 bits per heavy atom. The summed E-state index contributed by atoms with van der Waals surface area (Å²) in [5, 5.41) is 5.35. The number of nitrogens with one attached hydrogen (secondary N) is 2.